The highest BCUT2D eigenvalue weighted by atomic mass is 35.5. The van der Waals surface area contributed by atoms with Gasteiger partial charge in [0.15, 0.2) is 11.2 Å². The highest BCUT2D eigenvalue weighted by Gasteiger charge is 2.17. The van der Waals surface area contributed by atoms with Crippen LogP contribution in [-0.2, 0) is 4.79 Å². The van der Waals surface area contributed by atoms with Crippen molar-refractivity contribution in [2.24, 2.45) is 0 Å². The second-order valence-electron chi connectivity index (χ2n) is 5.51. The molecule has 1 N–H and O–H groups in total. The molecule has 1 amide bonds. The van der Waals surface area contributed by atoms with Crippen molar-refractivity contribution in [3.63, 3.8) is 0 Å². The first-order chi connectivity index (χ1) is 12.0. The lowest BCUT2D eigenvalue weighted by Gasteiger charge is -2.14. The number of ether oxygens (including phenoxy) is 2. The predicted molar refractivity (Wildman–Crippen MR) is 101 cm³/mol. The molecule has 0 bridgehead atoms. The molecule has 0 aliphatic rings. The number of aryl methyl sites for hydroxylation is 1. The number of methoxy groups -OCH3 is 1. The monoisotopic (exact) mass is 376 g/mol. The first kappa shape index (κ1) is 17.5. The van der Waals surface area contributed by atoms with E-state index in [9.17, 15) is 4.79 Å². The number of hydrogen-bond acceptors (Lipinski definition) is 5. The van der Waals surface area contributed by atoms with Crippen LogP contribution in [0.25, 0.3) is 10.2 Å². The maximum absolute atomic E-state index is 12.3. The molecular weight excluding hydrogens is 360 g/mol. The largest absolute Gasteiger partial charge is 0.497 e. The zero-order valence-corrected chi connectivity index (χ0v) is 15.6. The lowest BCUT2D eigenvalue weighted by atomic mass is 10.2. The zero-order valence-electron chi connectivity index (χ0n) is 14.0. The SMILES string of the molecule is COc1ccc2nc(NC(=O)C(C)Oc3ccc(Cl)c(C)c3)sc2c1. The number of carbonyl (C=O) groups excluding carboxylic acids is 1. The summed E-state index contributed by atoms with van der Waals surface area (Å²) < 4.78 is 11.8. The Labute approximate surface area is 154 Å². The molecule has 0 fully saturated rings. The van der Waals surface area contributed by atoms with Crippen molar-refractivity contribution in [1.29, 1.82) is 0 Å². The van der Waals surface area contributed by atoms with Gasteiger partial charge in [0.25, 0.3) is 5.91 Å². The van der Waals surface area contributed by atoms with Crippen molar-refractivity contribution in [3.8, 4) is 11.5 Å². The number of amides is 1. The molecule has 0 aliphatic heterocycles. The maximum Gasteiger partial charge on any atom is 0.266 e. The Kier molecular flexibility index (Phi) is 5.11. The van der Waals surface area contributed by atoms with Crippen molar-refractivity contribution in [2.75, 3.05) is 12.4 Å². The number of aromatic nitrogens is 1. The fourth-order valence-electron chi connectivity index (χ4n) is 2.24. The third-order valence-electron chi connectivity index (χ3n) is 3.64. The lowest BCUT2D eigenvalue weighted by molar-refractivity contribution is -0.122. The number of nitrogens with one attached hydrogen (secondary N) is 1. The van der Waals surface area contributed by atoms with E-state index in [1.54, 1.807) is 32.2 Å². The number of benzene rings is 2. The van der Waals surface area contributed by atoms with Gasteiger partial charge in [-0.1, -0.05) is 22.9 Å². The fraction of sp³-hybridized carbons (Fsp3) is 0.222. The molecule has 0 aliphatic carbocycles. The van der Waals surface area contributed by atoms with Crippen molar-refractivity contribution in [2.45, 2.75) is 20.0 Å². The van der Waals surface area contributed by atoms with Gasteiger partial charge in [0, 0.05) is 5.02 Å². The van der Waals surface area contributed by atoms with Crippen molar-refractivity contribution in [1.82, 2.24) is 4.98 Å². The molecule has 0 radical (unpaired) electrons. The van der Waals surface area contributed by atoms with Crippen LogP contribution in [0.5, 0.6) is 11.5 Å². The Hall–Kier alpha value is -2.31. The molecule has 1 heterocycles. The van der Waals surface area contributed by atoms with Gasteiger partial charge in [-0.2, -0.15) is 0 Å². The summed E-state index contributed by atoms with van der Waals surface area (Å²) in [5.41, 5.74) is 1.70. The second-order valence-corrected chi connectivity index (χ2v) is 6.95. The number of fused-ring (bicyclic) bond motifs is 1. The molecule has 1 aromatic heterocycles. The summed E-state index contributed by atoms with van der Waals surface area (Å²) in [6.45, 7) is 3.57. The van der Waals surface area contributed by atoms with Crippen LogP contribution < -0.4 is 14.8 Å². The van der Waals surface area contributed by atoms with Crippen LogP contribution in [0.15, 0.2) is 36.4 Å². The van der Waals surface area contributed by atoms with Gasteiger partial charge in [0.05, 0.1) is 17.3 Å². The van der Waals surface area contributed by atoms with Gasteiger partial charge in [-0.15, -0.1) is 0 Å². The number of halogens is 1. The van der Waals surface area contributed by atoms with Crippen LogP contribution in [0.2, 0.25) is 5.02 Å². The molecule has 0 saturated heterocycles. The first-order valence-corrected chi connectivity index (χ1v) is 8.84. The minimum absolute atomic E-state index is 0.265. The average Bonchev–Trinajstić information content (AvgIpc) is 2.99. The molecule has 0 spiro atoms. The van der Waals surface area contributed by atoms with Crippen molar-refractivity contribution < 1.29 is 14.3 Å². The zero-order chi connectivity index (χ0) is 18.0. The van der Waals surface area contributed by atoms with E-state index in [0.717, 1.165) is 21.5 Å². The van der Waals surface area contributed by atoms with Gasteiger partial charge in [-0.3, -0.25) is 10.1 Å². The van der Waals surface area contributed by atoms with E-state index in [4.69, 9.17) is 21.1 Å². The second kappa shape index (κ2) is 7.29. The molecule has 1 atom stereocenters. The predicted octanol–water partition coefficient (Wildman–Crippen LogP) is 4.67. The van der Waals surface area contributed by atoms with Gasteiger partial charge in [-0.25, -0.2) is 4.98 Å². The van der Waals surface area contributed by atoms with Crippen LogP contribution >= 0.6 is 22.9 Å². The standard InChI is InChI=1S/C18H17ClN2O3S/c1-10-8-13(4-6-14(10)19)24-11(2)17(22)21-18-20-15-7-5-12(23-3)9-16(15)25-18/h4-9,11H,1-3H3,(H,20,21,22). The number of carbonyl (C=O) groups is 1. The van der Waals surface area contributed by atoms with Crippen molar-refractivity contribution in [3.05, 3.63) is 47.0 Å². The maximum atomic E-state index is 12.3. The van der Waals surface area contributed by atoms with E-state index in [0.29, 0.717) is 15.9 Å². The summed E-state index contributed by atoms with van der Waals surface area (Å²) >= 11 is 7.38. The molecule has 130 valence electrons. The van der Waals surface area contributed by atoms with E-state index in [-0.39, 0.29) is 5.91 Å². The van der Waals surface area contributed by atoms with Crippen LogP contribution in [0, 0.1) is 6.92 Å². The lowest BCUT2D eigenvalue weighted by Crippen LogP contribution is -2.30. The quantitative estimate of drug-likeness (QED) is 0.702. The minimum Gasteiger partial charge on any atom is -0.497 e. The van der Waals surface area contributed by atoms with Gasteiger partial charge >= 0.3 is 0 Å². The van der Waals surface area contributed by atoms with Crippen LogP contribution in [-0.4, -0.2) is 24.1 Å². The van der Waals surface area contributed by atoms with Crippen LogP contribution in [0.3, 0.4) is 0 Å². The Morgan fingerprint density at radius 2 is 2.00 bits per heavy atom. The number of hydrogen-bond donors (Lipinski definition) is 1. The number of rotatable bonds is 5. The number of nitrogens with zero attached hydrogens (tertiary/aromatic N) is 1. The molecule has 3 aromatic rings. The summed E-state index contributed by atoms with van der Waals surface area (Å²) in [5, 5.41) is 3.98. The van der Waals surface area contributed by atoms with Crippen molar-refractivity contribution >= 4 is 44.2 Å². The molecule has 25 heavy (non-hydrogen) atoms. The normalized spacial score (nSPS) is 12.0. The van der Waals surface area contributed by atoms with E-state index in [1.807, 2.05) is 25.1 Å². The first-order valence-electron chi connectivity index (χ1n) is 7.64. The summed E-state index contributed by atoms with van der Waals surface area (Å²) in [7, 11) is 1.61. The van der Waals surface area contributed by atoms with E-state index in [2.05, 4.69) is 10.3 Å². The fourth-order valence-corrected chi connectivity index (χ4v) is 3.26. The summed E-state index contributed by atoms with van der Waals surface area (Å²) in [4.78, 5) is 16.7. The molecule has 7 heteroatoms. The molecule has 1 unspecified atom stereocenters. The van der Waals surface area contributed by atoms with Gasteiger partial charge in [-0.05, 0) is 55.8 Å². The topological polar surface area (TPSA) is 60.5 Å². The van der Waals surface area contributed by atoms with Gasteiger partial charge in [0.2, 0.25) is 0 Å². The number of thiazole rings is 1. The molecule has 0 saturated carbocycles. The van der Waals surface area contributed by atoms with E-state index < -0.39 is 6.10 Å². The summed E-state index contributed by atoms with van der Waals surface area (Å²) in [6.07, 6.45) is -0.665. The van der Waals surface area contributed by atoms with Crippen LogP contribution in [0.1, 0.15) is 12.5 Å². The highest BCUT2D eigenvalue weighted by molar-refractivity contribution is 7.22. The summed E-state index contributed by atoms with van der Waals surface area (Å²) in [6, 6.07) is 10.9. The average molecular weight is 377 g/mol. The van der Waals surface area contributed by atoms with Gasteiger partial charge < -0.3 is 9.47 Å². The smallest absolute Gasteiger partial charge is 0.266 e. The molecule has 3 rings (SSSR count). The third-order valence-corrected chi connectivity index (χ3v) is 4.99. The van der Waals surface area contributed by atoms with E-state index in [1.165, 1.54) is 11.3 Å². The van der Waals surface area contributed by atoms with Gasteiger partial charge in [0.1, 0.15) is 11.5 Å². The number of anilines is 1. The third kappa shape index (κ3) is 4.03. The van der Waals surface area contributed by atoms with Crippen LogP contribution in [0.4, 0.5) is 5.13 Å². The van der Waals surface area contributed by atoms with E-state index >= 15 is 0 Å². The molecule has 5 nitrogen and oxygen atoms in total. The Morgan fingerprint density at radius 1 is 1.24 bits per heavy atom. The Morgan fingerprint density at radius 3 is 2.72 bits per heavy atom. The molecular formula is C18H17ClN2O3S. The Balaban J connectivity index is 1.69. The Bertz CT molecular complexity index is 926. The minimum atomic E-state index is -0.665. The summed E-state index contributed by atoms with van der Waals surface area (Å²) in [5.74, 6) is 1.08. The molecule has 2 aromatic carbocycles. The highest BCUT2D eigenvalue weighted by Crippen LogP contribution is 2.29.